The number of nitrogens with zero attached hydrogens (tertiary/aromatic N) is 1. The van der Waals surface area contributed by atoms with Crippen LogP contribution in [0.25, 0.3) is 0 Å². The summed E-state index contributed by atoms with van der Waals surface area (Å²) in [5, 5.41) is 0. The molecule has 1 aliphatic heterocycles. The average molecular weight is 277 g/mol. The highest BCUT2D eigenvalue weighted by Gasteiger charge is 2.17. The predicted molar refractivity (Wildman–Crippen MR) is 77.9 cm³/mol. The third-order valence-corrected chi connectivity index (χ3v) is 3.44. The minimum absolute atomic E-state index is 0.0345. The van der Waals surface area contributed by atoms with Gasteiger partial charge in [0.2, 0.25) is 0 Å². The first-order valence-electron chi connectivity index (χ1n) is 7.37. The monoisotopic (exact) mass is 277 g/mol. The maximum absolute atomic E-state index is 12.0. The number of ether oxygens (including phenoxy) is 2. The molecule has 0 bridgehead atoms. The van der Waals surface area contributed by atoms with Crippen LogP contribution in [0.2, 0.25) is 0 Å². The van der Waals surface area contributed by atoms with Crippen molar-refractivity contribution in [2.75, 3.05) is 32.9 Å². The van der Waals surface area contributed by atoms with E-state index in [1.54, 1.807) is 4.90 Å². The normalized spacial score (nSPS) is 15.2. The van der Waals surface area contributed by atoms with Crippen molar-refractivity contribution in [3.8, 4) is 5.75 Å². The highest BCUT2D eigenvalue weighted by atomic mass is 16.5. The largest absolute Gasteiger partial charge is 0.484 e. The smallest absolute Gasteiger partial charge is 0.260 e. The molecule has 0 unspecified atom stereocenters. The van der Waals surface area contributed by atoms with Crippen molar-refractivity contribution < 1.29 is 14.3 Å². The second kappa shape index (κ2) is 7.90. The van der Waals surface area contributed by atoms with Gasteiger partial charge >= 0.3 is 0 Å². The molecule has 2 rings (SSSR count). The molecular formula is C16H23NO3. The van der Waals surface area contributed by atoms with Crippen LogP contribution in [-0.2, 0) is 16.0 Å². The van der Waals surface area contributed by atoms with E-state index in [-0.39, 0.29) is 12.5 Å². The molecule has 0 aliphatic carbocycles. The van der Waals surface area contributed by atoms with E-state index in [1.807, 2.05) is 18.2 Å². The molecule has 0 saturated carbocycles. The van der Waals surface area contributed by atoms with Gasteiger partial charge in [-0.3, -0.25) is 4.79 Å². The first-order valence-corrected chi connectivity index (χ1v) is 7.37. The molecule has 1 amide bonds. The standard InChI is InChI=1S/C16H23NO3/c1-2-3-5-14-6-4-7-15(12-14)20-13-16(18)17-8-10-19-11-9-17/h4,6-7,12H,2-3,5,8-11,13H2,1H3. The summed E-state index contributed by atoms with van der Waals surface area (Å²) in [7, 11) is 0. The highest BCUT2D eigenvalue weighted by molar-refractivity contribution is 5.77. The molecule has 1 saturated heterocycles. The molecule has 1 aromatic rings. The Morgan fingerprint density at radius 2 is 2.15 bits per heavy atom. The van der Waals surface area contributed by atoms with Crippen molar-refractivity contribution in [1.29, 1.82) is 0 Å². The summed E-state index contributed by atoms with van der Waals surface area (Å²) < 4.78 is 10.8. The van der Waals surface area contributed by atoms with Crippen LogP contribution < -0.4 is 4.74 Å². The summed E-state index contributed by atoms with van der Waals surface area (Å²) in [5.41, 5.74) is 1.27. The third-order valence-electron chi connectivity index (χ3n) is 3.44. The van der Waals surface area contributed by atoms with Crippen LogP contribution in [0.3, 0.4) is 0 Å². The Labute approximate surface area is 120 Å². The van der Waals surface area contributed by atoms with E-state index in [9.17, 15) is 4.79 Å². The van der Waals surface area contributed by atoms with Gasteiger partial charge in [0.25, 0.3) is 5.91 Å². The molecule has 4 nitrogen and oxygen atoms in total. The molecule has 0 N–H and O–H groups in total. The Kier molecular flexibility index (Phi) is 5.87. The SMILES string of the molecule is CCCCc1cccc(OCC(=O)N2CCOCC2)c1. The fourth-order valence-corrected chi connectivity index (χ4v) is 2.22. The number of benzene rings is 1. The summed E-state index contributed by atoms with van der Waals surface area (Å²) in [6.07, 6.45) is 3.42. The van der Waals surface area contributed by atoms with Gasteiger partial charge in [-0.05, 0) is 30.5 Å². The molecule has 1 heterocycles. The van der Waals surface area contributed by atoms with Gasteiger partial charge in [-0.25, -0.2) is 0 Å². The summed E-state index contributed by atoms with van der Waals surface area (Å²) in [6.45, 7) is 4.87. The van der Waals surface area contributed by atoms with Crippen molar-refractivity contribution in [2.24, 2.45) is 0 Å². The average Bonchev–Trinajstić information content (AvgIpc) is 2.52. The Morgan fingerprint density at radius 3 is 2.90 bits per heavy atom. The van der Waals surface area contributed by atoms with Gasteiger partial charge in [0.1, 0.15) is 5.75 Å². The topological polar surface area (TPSA) is 38.8 Å². The number of rotatable bonds is 6. The lowest BCUT2D eigenvalue weighted by Gasteiger charge is -2.26. The minimum atomic E-state index is 0.0345. The van der Waals surface area contributed by atoms with Gasteiger partial charge in [0, 0.05) is 13.1 Å². The molecule has 20 heavy (non-hydrogen) atoms. The molecule has 1 aliphatic rings. The van der Waals surface area contributed by atoms with Crippen LogP contribution in [-0.4, -0.2) is 43.7 Å². The first-order chi connectivity index (χ1) is 9.79. The van der Waals surface area contributed by atoms with E-state index in [0.29, 0.717) is 26.3 Å². The predicted octanol–water partition coefficient (Wildman–Crippen LogP) is 2.27. The maximum atomic E-state index is 12.0. The van der Waals surface area contributed by atoms with Crippen LogP contribution in [0.1, 0.15) is 25.3 Å². The number of hydrogen-bond donors (Lipinski definition) is 0. The molecule has 1 fully saturated rings. The summed E-state index contributed by atoms with van der Waals surface area (Å²) in [4.78, 5) is 13.8. The van der Waals surface area contributed by atoms with E-state index < -0.39 is 0 Å². The van der Waals surface area contributed by atoms with Crippen LogP contribution in [0.15, 0.2) is 24.3 Å². The molecular weight excluding hydrogens is 254 g/mol. The van der Waals surface area contributed by atoms with E-state index >= 15 is 0 Å². The quantitative estimate of drug-likeness (QED) is 0.800. The number of morpholine rings is 1. The van der Waals surface area contributed by atoms with E-state index in [4.69, 9.17) is 9.47 Å². The fraction of sp³-hybridized carbons (Fsp3) is 0.562. The summed E-state index contributed by atoms with van der Waals surface area (Å²) in [6, 6.07) is 8.02. The Balaban J connectivity index is 1.82. The van der Waals surface area contributed by atoms with E-state index in [2.05, 4.69) is 13.0 Å². The van der Waals surface area contributed by atoms with Gasteiger partial charge in [0.15, 0.2) is 6.61 Å². The number of carbonyl (C=O) groups is 1. The van der Waals surface area contributed by atoms with Crippen molar-refractivity contribution >= 4 is 5.91 Å². The van der Waals surface area contributed by atoms with E-state index in [0.717, 1.165) is 12.2 Å². The number of amides is 1. The first kappa shape index (κ1) is 14.9. The van der Waals surface area contributed by atoms with Crippen LogP contribution in [0.5, 0.6) is 5.75 Å². The summed E-state index contributed by atoms with van der Waals surface area (Å²) >= 11 is 0. The lowest BCUT2D eigenvalue weighted by atomic mass is 10.1. The van der Waals surface area contributed by atoms with Gasteiger partial charge in [0.05, 0.1) is 13.2 Å². The number of carbonyl (C=O) groups excluding carboxylic acids is 1. The zero-order chi connectivity index (χ0) is 14.2. The van der Waals surface area contributed by atoms with Crippen LogP contribution in [0.4, 0.5) is 0 Å². The molecule has 4 heteroatoms. The second-order valence-electron chi connectivity index (χ2n) is 5.03. The Bertz CT molecular complexity index is 427. The Hall–Kier alpha value is -1.55. The van der Waals surface area contributed by atoms with Crippen molar-refractivity contribution in [1.82, 2.24) is 4.90 Å². The molecule has 1 aromatic carbocycles. The molecule has 0 spiro atoms. The molecule has 110 valence electrons. The van der Waals surface area contributed by atoms with Gasteiger partial charge < -0.3 is 14.4 Å². The Morgan fingerprint density at radius 1 is 1.35 bits per heavy atom. The fourth-order valence-electron chi connectivity index (χ4n) is 2.22. The van der Waals surface area contributed by atoms with Gasteiger partial charge in [-0.2, -0.15) is 0 Å². The number of aryl methyl sites for hydroxylation is 1. The van der Waals surface area contributed by atoms with Crippen LogP contribution >= 0.6 is 0 Å². The maximum Gasteiger partial charge on any atom is 0.260 e. The molecule has 0 atom stereocenters. The van der Waals surface area contributed by atoms with Crippen molar-refractivity contribution in [2.45, 2.75) is 26.2 Å². The van der Waals surface area contributed by atoms with E-state index in [1.165, 1.54) is 18.4 Å². The van der Waals surface area contributed by atoms with Gasteiger partial charge in [-0.15, -0.1) is 0 Å². The highest BCUT2D eigenvalue weighted by Crippen LogP contribution is 2.15. The zero-order valence-electron chi connectivity index (χ0n) is 12.1. The van der Waals surface area contributed by atoms with Gasteiger partial charge in [-0.1, -0.05) is 25.5 Å². The zero-order valence-corrected chi connectivity index (χ0v) is 12.1. The molecule has 0 radical (unpaired) electrons. The van der Waals surface area contributed by atoms with Crippen molar-refractivity contribution in [3.63, 3.8) is 0 Å². The number of unbranched alkanes of at least 4 members (excludes halogenated alkanes) is 1. The molecule has 0 aromatic heterocycles. The third kappa shape index (κ3) is 4.53. The second-order valence-corrected chi connectivity index (χ2v) is 5.03. The lowest BCUT2D eigenvalue weighted by molar-refractivity contribution is -0.137. The van der Waals surface area contributed by atoms with Crippen molar-refractivity contribution in [3.05, 3.63) is 29.8 Å². The van der Waals surface area contributed by atoms with Crippen LogP contribution in [0, 0.1) is 0 Å². The lowest BCUT2D eigenvalue weighted by Crippen LogP contribution is -2.42. The minimum Gasteiger partial charge on any atom is -0.484 e. The number of hydrogen-bond acceptors (Lipinski definition) is 3. The summed E-state index contributed by atoms with van der Waals surface area (Å²) in [5.74, 6) is 0.812.